The molecule has 1 atom stereocenters. The SMILES string of the molecule is Cc1csc(Sc2ccc([C@@H](C)O)cc2Br)n1. The lowest BCUT2D eigenvalue weighted by molar-refractivity contribution is 0.199. The molecule has 2 nitrogen and oxygen atoms in total. The smallest absolute Gasteiger partial charge is 0.154 e. The third kappa shape index (κ3) is 3.31. The zero-order valence-corrected chi connectivity index (χ0v) is 12.7. The zero-order valence-electron chi connectivity index (χ0n) is 9.48. The van der Waals surface area contributed by atoms with Gasteiger partial charge in [-0.15, -0.1) is 11.3 Å². The van der Waals surface area contributed by atoms with Crippen LogP contribution >= 0.6 is 39.0 Å². The van der Waals surface area contributed by atoms with Crippen LogP contribution in [0, 0.1) is 6.92 Å². The van der Waals surface area contributed by atoms with Crippen molar-refractivity contribution in [2.75, 3.05) is 0 Å². The first kappa shape index (κ1) is 13.1. The summed E-state index contributed by atoms with van der Waals surface area (Å²) in [5.41, 5.74) is 1.96. The first-order valence-electron chi connectivity index (χ1n) is 5.14. The molecule has 1 aromatic heterocycles. The number of rotatable bonds is 3. The minimum Gasteiger partial charge on any atom is -0.389 e. The average Bonchev–Trinajstić information content (AvgIpc) is 2.67. The van der Waals surface area contributed by atoms with Gasteiger partial charge < -0.3 is 5.11 Å². The highest BCUT2D eigenvalue weighted by Crippen LogP contribution is 2.36. The molecule has 1 aromatic carbocycles. The van der Waals surface area contributed by atoms with Crippen LogP contribution in [0.1, 0.15) is 24.3 Å². The number of thiazole rings is 1. The van der Waals surface area contributed by atoms with Gasteiger partial charge in [0, 0.05) is 20.4 Å². The molecule has 0 aliphatic carbocycles. The van der Waals surface area contributed by atoms with Gasteiger partial charge in [0.25, 0.3) is 0 Å². The van der Waals surface area contributed by atoms with Crippen LogP contribution in [0.4, 0.5) is 0 Å². The van der Waals surface area contributed by atoms with Crippen molar-refractivity contribution in [3.05, 3.63) is 39.3 Å². The first-order chi connectivity index (χ1) is 8.06. The van der Waals surface area contributed by atoms with Crippen LogP contribution in [-0.2, 0) is 0 Å². The summed E-state index contributed by atoms with van der Waals surface area (Å²) in [4.78, 5) is 5.53. The minimum atomic E-state index is -0.438. The minimum absolute atomic E-state index is 0.438. The van der Waals surface area contributed by atoms with E-state index in [4.69, 9.17) is 0 Å². The Balaban J connectivity index is 2.22. The summed E-state index contributed by atoms with van der Waals surface area (Å²) in [5.74, 6) is 0. The van der Waals surface area contributed by atoms with Gasteiger partial charge in [0.05, 0.1) is 6.10 Å². The quantitative estimate of drug-likeness (QED) is 0.904. The van der Waals surface area contributed by atoms with Crippen molar-refractivity contribution < 1.29 is 5.11 Å². The topological polar surface area (TPSA) is 33.1 Å². The van der Waals surface area contributed by atoms with Crippen LogP contribution in [0.3, 0.4) is 0 Å². The largest absolute Gasteiger partial charge is 0.389 e. The van der Waals surface area contributed by atoms with Gasteiger partial charge in [-0.2, -0.15) is 0 Å². The highest BCUT2D eigenvalue weighted by molar-refractivity contribution is 9.10. The third-order valence-electron chi connectivity index (χ3n) is 2.23. The Kier molecular flexibility index (Phi) is 4.25. The van der Waals surface area contributed by atoms with Crippen molar-refractivity contribution in [3.63, 3.8) is 0 Å². The first-order valence-corrected chi connectivity index (χ1v) is 7.62. The number of aliphatic hydroxyl groups excluding tert-OH is 1. The van der Waals surface area contributed by atoms with Crippen LogP contribution in [0.15, 0.2) is 37.3 Å². The van der Waals surface area contributed by atoms with Gasteiger partial charge in [-0.3, -0.25) is 0 Å². The molecule has 0 unspecified atom stereocenters. The Morgan fingerprint density at radius 1 is 1.47 bits per heavy atom. The van der Waals surface area contributed by atoms with E-state index in [0.717, 1.165) is 25.0 Å². The second-order valence-electron chi connectivity index (χ2n) is 3.72. The second-order valence-corrected chi connectivity index (χ2v) is 6.72. The van der Waals surface area contributed by atoms with Gasteiger partial charge in [0.1, 0.15) is 0 Å². The summed E-state index contributed by atoms with van der Waals surface area (Å²) in [7, 11) is 0. The Morgan fingerprint density at radius 2 is 2.24 bits per heavy atom. The number of nitrogens with zero attached hydrogens (tertiary/aromatic N) is 1. The van der Waals surface area contributed by atoms with E-state index in [-0.39, 0.29) is 0 Å². The predicted molar refractivity (Wildman–Crippen MR) is 75.7 cm³/mol. The molecule has 0 fully saturated rings. The number of aliphatic hydroxyl groups is 1. The highest BCUT2D eigenvalue weighted by atomic mass is 79.9. The molecule has 17 heavy (non-hydrogen) atoms. The van der Waals surface area contributed by atoms with Crippen molar-refractivity contribution in [2.24, 2.45) is 0 Å². The molecule has 0 radical (unpaired) electrons. The summed E-state index contributed by atoms with van der Waals surface area (Å²) in [5, 5.41) is 11.5. The van der Waals surface area contributed by atoms with Crippen molar-refractivity contribution in [1.29, 1.82) is 0 Å². The fourth-order valence-corrected chi connectivity index (χ4v) is 3.77. The van der Waals surface area contributed by atoms with Crippen LogP contribution in [0.2, 0.25) is 0 Å². The highest BCUT2D eigenvalue weighted by Gasteiger charge is 2.08. The lowest BCUT2D eigenvalue weighted by Crippen LogP contribution is -1.90. The molecule has 0 saturated heterocycles. The average molecular weight is 330 g/mol. The van der Waals surface area contributed by atoms with Crippen molar-refractivity contribution in [2.45, 2.75) is 29.2 Å². The number of hydrogen-bond donors (Lipinski definition) is 1. The number of hydrogen-bond acceptors (Lipinski definition) is 4. The van der Waals surface area contributed by atoms with Crippen LogP contribution in [-0.4, -0.2) is 10.1 Å². The zero-order chi connectivity index (χ0) is 12.4. The molecule has 90 valence electrons. The summed E-state index contributed by atoms with van der Waals surface area (Å²) < 4.78 is 2.03. The van der Waals surface area contributed by atoms with Gasteiger partial charge in [-0.05, 0) is 47.5 Å². The van der Waals surface area contributed by atoms with E-state index < -0.39 is 6.10 Å². The van der Waals surface area contributed by atoms with Gasteiger partial charge in [-0.25, -0.2) is 4.98 Å². The Bertz CT molecular complexity index is 525. The number of aromatic nitrogens is 1. The van der Waals surface area contributed by atoms with Gasteiger partial charge >= 0.3 is 0 Å². The maximum Gasteiger partial charge on any atom is 0.154 e. The second kappa shape index (κ2) is 5.52. The normalized spacial score (nSPS) is 12.7. The van der Waals surface area contributed by atoms with E-state index in [9.17, 15) is 5.11 Å². The number of aryl methyl sites for hydroxylation is 1. The van der Waals surface area contributed by atoms with Gasteiger partial charge in [0.2, 0.25) is 0 Å². The van der Waals surface area contributed by atoms with E-state index in [2.05, 4.69) is 20.9 Å². The molecule has 0 aliphatic heterocycles. The van der Waals surface area contributed by atoms with Crippen molar-refractivity contribution in [3.8, 4) is 0 Å². The third-order valence-corrected chi connectivity index (χ3v) is 5.28. The molecule has 5 heteroatoms. The summed E-state index contributed by atoms with van der Waals surface area (Å²) in [6.45, 7) is 3.75. The standard InChI is InChI=1S/C12H12BrNOS2/c1-7-6-16-12(14-7)17-11-4-3-9(8(2)15)5-10(11)13/h3-6,8,15H,1-2H3/t8-/m1/s1. The molecule has 0 saturated carbocycles. The van der Waals surface area contributed by atoms with Crippen molar-refractivity contribution >= 4 is 39.0 Å². The predicted octanol–water partition coefficient (Wildman–Crippen LogP) is 4.42. The Morgan fingerprint density at radius 3 is 2.76 bits per heavy atom. The van der Waals surface area contributed by atoms with Crippen molar-refractivity contribution in [1.82, 2.24) is 4.98 Å². The fraction of sp³-hybridized carbons (Fsp3) is 0.250. The van der Waals surface area contributed by atoms with E-state index in [1.807, 2.05) is 30.5 Å². The van der Waals surface area contributed by atoms with Crippen LogP contribution < -0.4 is 0 Å². The maximum absolute atomic E-state index is 9.49. The summed E-state index contributed by atoms with van der Waals surface area (Å²) in [6.07, 6.45) is -0.438. The van der Waals surface area contributed by atoms with Crippen LogP contribution in [0.5, 0.6) is 0 Å². The van der Waals surface area contributed by atoms with Crippen LogP contribution in [0.25, 0.3) is 0 Å². The lowest BCUT2D eigenvalue weighted by atomic mass is 10.1. The molecule has 1 N–H and O–H groups in total. The van der Waals surface area contributed by atoms with Gasteiger partial charge in [0.15, 0.2) is 4.34 Å². The molecular weight excluding hydrogens is 318 g/mol. The summed E-state index contributed by atoms with van der Waals surface area (Å²) >= 11 is 6.80. The summed E-state index contributed by atoms with van der Waals surface area (Å²) in [6, 6.07) is 5.90. The molecule has 0 amide bonds. The molecule has 0 bridgehead atoms. The fourth-order valence-electron chi connectivity index (χ4n) is 1.33. The molecule has 2 rings (SSSR count). The monoisotopic (exact) mass is 329 g/mol. The number of halogens is 1. The van der Waals surface area contributed by atoms with E-state index >= 15 is 0 Å². The number of benzene rings is 1. The van der Waals surface area contributed by atoms with E-state index in [1.165, 1.54) is 0 Å². The molecule has 0 spiro atoms. The molecule has 0 aliphatic rings. The van der Waals surface area contributed by atoms with E-state index in [0.29, 0.717) is 0 Å². The van der Waals surface area contributed by atoms with E-state index in [1.54, 1.807) is 30.0 Å². The molecular formula is C12H12BrNOS2. The Labute approximate surface area is 117 Å². The maximum atomic E-state index is 9.49. The molecule has 1 heterocycles. The Hall–Kier alpha value is -0.360. The lowest BCUT2D eigenvalue weighted by Gasteiger charge is -2.07. The molecule has 2 aromatic rings. The van der Waals surface area contributed by atoms with Gasteiger partial charge in [-0.1, -0.05) is 17.8 Å².